The van der Waals surface area contributed by atoms with Gasteiger partial charge in [-0.25, -0.2) is 4.98 Å². The zero-order valence-electron chi connectivity index (χ0n) is 9.79. The summed E-state index contributed by atoms with van der Waals surface area (Å²) >= 11 is 0. The van der Waals surface area contributed by atoms with Crippen molar-refractivity contribution >= 4 is 5.82 Å². The molecule has 0 aliphatic heterocycles. The van der Waals surface area contributed by atoms with Crippen molar-refractivity contribution in [3.8, 4) is 0 Å². The van der Waals surface area contributed by atoms with Crippen LogP contribution in [0, 0.1) is 0 Å². The summed E-state index contributed by atoms with van der Waals surface area (Å²) in [6.45, 7) is 3.23. The quantitative estimate of drug-likeness (QED) is 0.806. The maximum Gasteiger partial charge on any atom is 0.293 e. The second kappa shape index (κ2) is 4.77. The topological polar surface area (TPSA) is 77.6 Å². The summed E-state index contributed by atoms with van der Waals surface area (Å²) in [6, 6.07) is 0. The number of nitrogens with zero attached hydrogens (tertiary/aromatic N) is 5. The summed E-state index contributed by atoms with van der Waals surface area (Å²) in [7, 11) is 1.68. The number of nitrogens with one attached hydrogen (secondary N) is 1. The minimum absolute atomic E-state index is 0.157. The fourth-order valence-electron chi connectivity index (χ4n) is 1.46. The van der Waals surface area contributed by atoms with E-state index in [1.54, 1.807) is 25.8 Å². The van der Waals surface area contributed by atoms with Crippen LogP contribution in [0.15, 0.2) is 23.5 Å². The van der Waals surface area contributed by atoms with Crippen molar-refractivity contribution in [3.63, 3.8) is 0 Å². The molecule has 0 unspecified atom stereocenters. The first-order chi connectivity index (χ1) is 8.22. The predicted molar refractivity (Wildman–Crippen MR) is 62.5 cm³/mol. The van der Waals surface area contributed by atoms with Gasteiger partial charge in [-0.05, 0) is 6.92 Å². The summed E-state index contributed by atoms with van der Waals surface area (Å²) in [5.74, 6) is 1.10. The number of hydrogen-bond donors (Lipinski definition) is 1. The average molecular weight is 234 g/mol. The van der Waals surface area contributed by atoms with Crippen molar-refractivity contribution in [3.05, 3.63) is 34.9 Å². The molecule has 0 aromatic carbocycles. The molecule has 0 radical (unpaired) electrons. The van der Waals surface area contributed by atoms with Gasteiger partial charge in [0.15, 0.2) is 11.6 Å². The third-order valence-corrected chi connectivity index (χ3v) is 2.47. The van der Waals surface area contributed by atoms with Gasteiger partial charge >= 0.3 is 0 Å². The first kappa shape index (κ1) is 11.3. The van der Waals surface area contributed by atoms with Crippen LogP contribution in [-0.2, 0) is 20.1 Å². The number of rotatable bonds is 4. The second-order valence-corrected chi connectivity index (χ2v) is 3.58. The van der Waals surface area contributed by atoms with Crippen molar-refractivity contribution in [2.45, 2.75) is 20.0 Å². The summed E-state index contributed by atoms with van der Waals surface area (Å²) in [5, 5.41) is 10.7. The molecule has 0 aliphatic carbocycles. The molecule has 0 amide bonds. The normalized spacial score (nSPS) is 10.5. The van der Waals surface area contributed by atoms with Crippen LogP contribution in [0.4, 0.5) is 5.82 Å². The van der Waals surface area contributed by atoms with Crippen LogP contribution in [0.5, 0.6) is 0 Å². The molecule has 7 heteroatoms. The zero-order valence-corrected chi connectivity index (χ0v) is 9.79. The lowest BCUT2D eigenvalue weighted by Crippen LogP contribution is -2.22. The lowest BCUT2D eigenvalue weighted by Gasteiger charge is -2.06. The molecule has 0 saturated heterocycles. The number of aromatic nitrogens is 5. The number of hydrogen-bond acceptors (Lipinski definition) is 5. The SMILES string of the molecule is CCn1cnnc1CNc1nccn(C)c1=O. The molecule has 7 nitrogen and oxygen atoms in total. The van der Waals surface area contributed by atoms with Gasteiger partial charge in [0.25, 0.3) is 5.56 Å². The van der Waals surface area contributed by atoms with Gasteiger partial charge < -0.3 is 14.5 Å². The van der Waals surface area contributed by atoms with Crippen LogP contribution < -0.4 is 10.9 Å². The summed E-state index contributed by atoms with van der Waals surface area (Å²) in [5.41, 5.74) is -0.157. The van der Waals surface area contributed by atoms with E-state index in [1.165, 1.54) is 4.57 Å². The molecule has 2 aromatic rings. The lowest BCUT2D eigenvalue weighted by molar-refractivity contribution is 0.706. The standard InChI is InChI=1S/C10H14N6O/c1-3-16-7-13-14-8(16)6-12-9-10(17)15(2)5-4-11-9/h4-5,7H,3,6H2,1-2H3,(H,11,12). The van der Waals surface area contributed by atoms with Gasteiger partial charge in [-0.2, -0.15) is 0 Å². The van der Waals surface area contributed by atoms with Crippen LogP contribution in [0.3, 0.4) is 0 Å². The van der Waals surface area contributed by atoms with E-state index in [0.717, 1.165) is 12.4 Å². The summed E-state index contributed by atoms with van der Waals surface area (Å²) < 4.78 is 3.38. The monoisotopic (exact) mass is 234 g/mol. The van der Waals surface area contributed by atoms with Gasteiger partial charge in [-0.15, -0.1) is 10.2 Å². The van der Waals surface area contributed by atoms with Gasteiger partial charge in [-0.1, -0.05) is 0 Å². The van der Waals surface area contributed by atoms with E-state index >= 15 is 0 Å². The fraction of sp³-hybridized carbons (Fsp3) is 0.400. The molecular formula is C10H14N6O. The van der Waals surface area contributed by atoms with Crippen molar-refractivity contribution in [1.82, 2.24) is 24.3 Å². The Hall–Kier alpha value is -2.18. The highest BCUT2D eigenvalue weighted by atomic mass is 16.1. The Balaban J connectivity index is 2.13. The van der Waals surface area contributed by atoms with Crippen LogP contribution in [-0.4, -0.2) is 24.3 Å². The van der Waals surface area contributed by atoms with Gasteiger partial charge in [-0.3, -0.25) is 4.79 Å². The van der Waals surface area contributed by atoms with E-state index < -0.39 is 0 Å². The van der Waals surface area contributed by atoms with Crippen molar-refractivity contribution in [2.24, 2.45) is 7.05 Å². The molecule has 2 aromatic heterocycles. The zero-order chi connectivity index (χ0) is 12.3. The van der Waals surface area contributed by atoms with E-state index in [0.29, 0.717) is 12.4 Å². The molecule has 0 spiro atoms. The molecule has 0 aliphatic rings. The first-order valence-electron chi connectivity index (χ1n) is 5.34. The molecule has 17 heavy (non-hydrogen) atoms. The molecule has 0 bridgehead atoms. The molecule has 0 saturated carbocycles. The second-order valence-electron chi connectivity index (χ2n) is 3.58. The van der Waals surface area contributed by atoms with E-state index in [4.69, 9.17) is 0 Å². The van der Waals surface area contributed by atoms with Crippen LogP contribution >= 0.6 is 0 Å². The fourth-order valence-corrected chi connectivity index (χ4v) is 1.46. The molecule has 2 rings (SSSR count). The Bertz CT molecular complexity index is 558. The van der Waals surface area contributed by atoms with Gasteiger partial charge in [0.2, 0.25) is 0 Å². The molecule has 0 fully saturated rings. The highest BCUT2D eigenvalue weighted by Gasteiger charge is 2.05. The van der Waals surface area contributed by atoms with E-state index in [2.05, 4.69) is 20.5 Å². The first-order valence-corrected chi connectivity index (χ1v) is 5.34. The Kier molecular flexibility index (Phi) is 3.17. The maximum atomic E-state index is 11.7. The lowest BCUT2D eigenvalue weighted by atomic mass is 10.5. The maximum absolute atomic E-state index is 11.7. The van der Waals surface area contributed by atoms with Crippen LogP contribution in [0.1, 0.15) is 12.7 Å². The Morgan fingerprint density at radius 3 is 3.06 bits per heavy atom. The third kappa shape index (κ3) is 2.32. The third-order valence-electron chi connectivity index (χ3n) is 2.47. The molecular weight excluding hydrogens is 220 g/mol. The number of anilines is 1. The van der Waals surface area contributed by atoms with E-state index in [9.17, 15) is 4.79 Å². The Morgan fingerprint density at radius 1 is 1.47 bits per heavy atom. The van der Waals surface area contributed by atoms with Gasteiger partial charge in [0.1, 0.15) is 6.33 Å². The van der Waals surface area contributed by atoms with E-state index in [1.807, 2.05) is 11.5 Å². The van der Waals surface area contributed by atoms with Crippen LogP contribution in [0.2, 0.25) is 0 Å². The van der Waals surface area contributed by atoms with Gasteiger partial charge in [0, 0.05) is 26.0 Å². The van der Waals surface area contributed by atoms with Crippen molar-refractivity contribution < 1.29 is 0 Å². The Morgan fingerprint density at radius 2 is 2.29 bits per heavy atom. The van der Waals surface area contributed by atoms with Crippen molar-refractivity contribution in [1.29, 1.82) is 0 Å². The molecule has 2 heterocycles. The average Bonchev–Trinajstić information content (AvgIpc) is 2.78. The van der Waals surface area contributed by atoms with Crippen molar-refractivity contribution in [2.75, 3.05) is 5.32 Å². The predicted octanol–water partition coefficient (Wildman–Crippen LogP) is 0.00380. The Labute approximate surface area is 98.1 Å². The highest BCUT2D eigenvalue weighted by molar-refractivity contribution is 5.30. The number of aryl methyl sites for hydroxylation is 2. The summed E-state index contributed by atoms with van der Waals surface area (Å²) in [6.07, 6.45) is 4.85. The highest BCUT2D eigenvalue weighted by Crippen LogP contribution is 1.99. The van der Waals surface area contributed by atoms with Gasteiger partial charge in [0.05, 0.1) is 6.54 Å². The van der Waals surface area contributed by atoms with Crippen LogP contribution in [0.25, 0.3) is 0 Å². The minimum atomic E-state index is -0.157. The molecule has 90 valence electrons. The smallest absolute Gasteiger partial charge is 0.293 e. The largest absolute Gasteiger partial charge is 0.358 e. The van der Waals surface area contributed by atoms with E-state index in [-0.39, 0.29) is 5.56 Å². The minimum Gasteiger partial charge on any atom is -0.358 e. The molecule has 1 N–H and O–H groups in total. The summed E-state index contributed by atoms with van der Waals surface area (Å²) in [4.78, 5) is 15.7. The molecule has 0 atom stereocenters.